The van der Waals surface area contributed by atoms with Crippen molar-refractivity contribution in [2.75, 3.05) is 6.61 Å². The lowest BCUT2D eigenvalue weighted by Crippen LogP contribution is -2.64. The number of nitrogens with zero attached hydrogens (tertiary/aromatic N) is 1. The Morgan fingerprint density at radius 2 is 1.77 bits per heavy atom. The van der Waals surface area contributed by atoms with Crippen LogP contribution in [0.5, 0.6) is 0 Å². The summed E-state index contributed by atoms with van der Waals surface area (Å²) >= 11 is 0. The molecule has 1 aromatic rings. The SMILES string of the molecule is C/C=C/COC(=O)N1C(=O)[C@H](O[Si](CC)(CC)CC)[C@@H]1c1ccccc1. The van der Waals surface area contributed by atoms with Gasteiger partial charge in [0, 0.05) is 0 Å². The number of β-lactam (4-membered cyclic amide) rings is 1. The number of amides is 2. The highest BCUT2D eigenvalue weighted by atomic mass is 28.4. The van der Waals surface area contributed by atoms with Crippen molar-refractivity contribution in [3.05, 3.63) is 48.0 Å². The molecule has 142 valence electrons. The third kappa shape index (κ3) is 4.07. The van der Waals surface area contributed by atoms with E-state index in [4.69, 9.17) is 9.16 Å². The third-order valence-electron chi connectivity index (χ3n) is 5.23. The standard InChI is InChI=1S/C20H29NO4Si/c1-5-9-15-24-20(23)21-17(16-13-11-10-12-14-16)18(19(21)22)25-26(6-2,7-3)8-4/h5,9-14,17-18H,6-8,15H2,1-4H3/b9-5+/t17-,18+/m0/s1. The number of carbonyl (C=O) groups is 2. The molecule has 26 heavy (non-hydrogen) atoms. The lowest BCUT2D eigenvalue weighted by atomic mass is 9.91. The van der Waals surface area contributed by atoms with Crippen LogP contribution in [0.15, 0.2) is 42.5 Å². The van der Waals surface area contributed by atoms with Crippen LogP contribution >= 0.6 is 0 Å². The average Bonchev–Trinajstić information content (AvgIpc) is 2.68. The summed E-state index contributed by atoms with van der Waals surface area (Å²) < 4.78 is 11.6. The van der Waals surface area contributed by atoms with Crippen LogP contribution < -0.4 is 0 Å². The molecule has 1 heterocycles. The molecule has 2 rings (SSSR count). The summed E-state index contributed by atoms with van der Waals surface area (Å²) in [5, 5.41) is 0. The van der Waals surface area contributed by atoms with Crippen molar-refractivity contribution >= 4 is 20.3 Å². The van der Waals surface area contributed by atoms with E-state index < -0.39 is 26.6 Å². The van der Waals surface area contributed by atoms with Crippen LogP contribution in [0.1, 0.15) is 39.3 Å². The van der Waals surface area contributed by atoms with Crippen LogP contribution in [-0.2, 0) is 14.0 Å². The van der Waals surface area contributed by atoms with Gasteiger partial charge in [-0.15, -0.1) is 0 Å². The smallest absolute Gasteiger partial charge is 0.417 e. The maximum atomic E-state index is 12.7. The Labute approximate surface area is 157 Å². The molecule has 1 aromatic carbocycles. The predicted octanol–water partition coefficient (Wildman–Crippen LogP) is 4.67. The van der Waals surface area contributed by atoms with Crippen LogP contribution in [0.4, 0.5) is 4.79 Å². The van der Waals surface area contributed by atoms with Crippen LogP contribution in [-0.4, -0.2) is 37.9 Å². The van der Waals surface area contributed by atoms with E-state index in [1.54, 1.807) is 12.2 Å². The number of benzene rings is 1. The zero-order chi connectivity index (χ0) is 19.2. The first-order valence-electron chi connectivity index (χ1n) is 9.37. The van der Waals surface area contributed by atoms with Crippen molar-refractivity contribution in [3.8, 4) is 0 Å². The summed E-state index contributed by atoms with van der Waals surface area (Å²) in [7, 11) is -1.97. The van der Waals surface area contributed by atoms with Gasteiger partial charge in [0.15, 0.2) is 14.4 Å². The largest absolute Gasteiger partial charge is 0.445 e. The number of carbonyl (C=O) groups excluding carboxylic acids is 2. The Balaban J connectivity index is 2.25. The van der Waals surface area contributed by atoms with E-state index in [0.29, 0.717) is 0 Å². The van der Waals surface area contributed by atoms with Gasteiger partial charge in [0.1, 0.15) is 12.6 Å². The Hall–Kier alpha value is -1.92. The van der Waals surface area contributed by atoms with Gasteiger partial charge in [-0.3, -0.25) is 4.79 Å². The number of hydrogen-bond acceptors (Lipinski definition) is 4. The summed E-state index contributed by atoms with van der Waals surface area (Å²) in [6.07, 6.45) is 2.32. The monoisotopic (exact) mass is 375 g/mol. The molecule has 1 saturated heterocycles. The maximum absolute atomic E-state index is 12.7. The first-order chi connectivity index (χ1) is 12.5. The summed E-state index contributed by atoms with van der Waals surface area (Å²) in [5.41, 5.74) is 0.895. The molecule has 0 radical (unpaired) electrons. The molecule has 2 amide bonds. The third-order valence-corrected chi connectivity index (χ3v) is 9.85. The molecule has 1 aliphatic rings. The van der Waals surface area contributed by atoms with E-state index in [0.717, 1.165) is 23.7 Å². The Morgan fingerprint density at radius 3 is 2.31 bits per heavy atom. The van der Waals surface area contributed by atoms with Gasteiger partial charge in [-0.05, 0) is 30.6 Å². The van der Waals surface area contributed by atoms with Gasteiger partial charge in [-0.2, -0.15) is 0 Å². The summed E-state index contributed by atoms with van der Waals surface area (Å²) in [6.45, 7) is 8.39. The highest BCUT2D eigenvalue weighted by Crippen LogP contribution is 2.40. The fraction of sp³-hybridized carbons (Fsp3) is 0.500. The van der Waals surface area contributed by atoms with Crippen molar-refractivity contribution < 1.29 is 18.8 Å². The molecule has 5 nitrogen and oxygen atoms in total. The molecule has 1 fully saturated rings. The normalized spacial score (nSPS) is 20.3. The van der Waals surface area contributed by atoms with Gasteiger partial charge in [0.05, 0.1) is 0 Å². The lowest BCUT2D eigenvalue weighted by molar-refractivity contribution is -0.160. The lowest BCUT2D eigenvalue weighted by Gasteiger charge is -2.48. The topological polar surface area (TPSA) is 55.8 Å². The predicted molar refractivity (Wildman–Crippen MR) is 104 cm³/mol. The molecule has 0 unspecified atom stereocenters. The number of allylic oxidation sites excluding steroid dienone is 1. The molecular formula is C20H29NO4Si. The van der Waals surface area contributed by atoms with Crippen LogP contribution in [0.2, 0.25) is 18.1 Å². The molecule has 0 bridgehead atoms. The number of imide groups is 1. The van der Waals surface area contributed by atoms with Crippen molar-refractivity contribution in [2.24, 2.45) is 0 Å². The van der Waals surface area contributed by atoms with E-state index >= 15 is 0 Å². The van der Waals surface area contributed by atoms with Crippen LogP contribution in [0, 0.1) is 0 Å². The van der Waals surface area contributed by atoms with E-state index in [2.05, 4.69) is 20.8 Å². The zero-order valence-electron chi connectivity index (χ0n) is 16.1. The van der Waals surface area contributed by atoms with Gasteiger partial charge in [0.2, 0.25) is 0 Å². The van der Waals surface area contributed by atoms with E-state index in [1.807, 2.05) is 37.3 Å². The van der Waals surface area contributed by atoms with E-state index in [1.165, 1.54) is 4.90 Å². The highest BCUT2D eigenvalue weighted by Gasteiger charge is 2.55. The molecule has 6 heteroatoms. The van der Waals surface area contributed by atoms with Crippen molar-refractivity contribution in [1.29, 1.82) is 0 Å². The second-order valence-electron chi connectivity index (χ2n) is 6.49. The van der Waals surface area contributed by atoms with Crippen LogP contribution in [0.25, 0.3) is 0 Å². The first kappa shape index (κ1) is 20.4. The number of rotatable bonds is 8. The second kappa shape index (κ2) is 9.14. The van der Waals surface area contributed by atoms with Gasteiger partial charge < -0.3 is 9.16 Å². The Kier molecular flexibility index (Phi) is 7.17. The van der Waals surface area contributed by atoms with Gasteiger partial charge in [-0.1, -0.05) is 63.3 Å². The minimum Gasteiger partial charge on any atom is -0.445 e. The molecular weight excluding hydrogens is 346 g/mol. The molecule has 0 saturated carbocycles. The second-order valence-corrected chi connectivity index (χ2v) is 11.2. The van der Waals surface area contributed by atoms with Gasteiger partial charge in [-0.25, -0.2) is 9.69 Å². The summed E-state index contributed by atoms with van der Waals surface area (Å²) in [4.78, 5) is 26.4. The van der Waals surface area contributed by atoms with Crippen molar-refractivity contribution in [3.63, 3.8) is 0 Å². The average molecular weight is 376 g/mol. The zero-order valence-corrected chi connectivity index (χ0v) is 17.1. The molecule has 1 aliphatic heterocycles. The van der Waals surface area contributed by atoms with Gasteiger partial charge in [0.25, 0.3) is 5.91 Å². The summed E-state index contributed by atoms with van der Waals surface area (Å²) in [6, 6.07) is 12.0. The molecule has 0 N–H and O–H groups in total. The van der Waals surface area contributed by atoms with E-state index in [-0.39, 0.29) is 12.5 Å². The van der Waals surface area contributed by atoms with E-state index in [9.17, 15) is 9.59 Å². The minimum atomic E-state index is -1.97. The highest BCUT2D eigenvalue weighted by molar-refractivity contribution is 6.73. The fourth-order valence-electron chi connectivity index (χ4n) is 3.31. The minimum absolute atomic E-state index is 0.156. The maximum Gasteiger partial charge on any atom is 0.417 e. The number of ether oxygens (including phenoxy) is 1. The Bertz CT molecular complexity index is 634. The molecule has 0 spiro atoms. The fourth-order valence-corrected chi connectivity index (χ4v) is 6.08. The van der Waals surface area contributed by atoms with Crippen molar-refractivity contribution in [1.82, 2.24) is 4.90 Å². The van der Waals surface area contributed by atoms with Crippen molar-refractivity contribution in [2.45, 2.75) is 58.0 Å². The Morgan fingerprint density at radius 1 is 1.15 bits per heavy atom. The molecule has 0 aromatic heterocycles. The number of hydrogen-bond donors (Lipinski definition) is 0. The molecule has 2 atom stereocenters. The number of likely N-dealkylation sites (tertiary alicyclic amines) is 1. The van der Waals surface area contributed by atoms with Crippen LogP contribution in [0.3, 0.4) is 0 Å². The summed E-state index contributed by atoms with van der Waals surface area (Å²) in [5.74, 6) is -0.295. The first-order valence-corrected chi connectivity index (χ1v) is 11.9. The van der Waals surface area contributed by atoms with Gasteiger partial charge >= 0.3 is 6.09 Å². The quantitative estimate of drug-likeness (QED) is 0.376. The molecule has 0 aliphatic carbocycles.